The lowest BCUT2D eigenvalue weighted by Crippen LogP contribution is -2.52. The lowest BCUT2D eigenvalue weighted by molar-refractivity contribution is 0.237. The lowest BCUT2D eigenvalue weighted by Gasteiger charge is -2.32. The third kappa shape index (κ3) is 3.77. The van der Waals surface area contributed by atoms with Gasteiger partial charge in [0.15, 0.2) is 0 Å². The fraction of sp³-hybridized carbons (Fsp3) is 0.538. The number of aliphatic hydroxyl groups excluding tert-OH is 1. The average molecular weight is 299 g/mol. The summed E-state index contributed by atoms with van der Waals surface area (Å²) >= 11 is 0. The van der Waals surface area contributed by atoms with Crippen LogP contribution < -0.4 is 5.32 Å². The number of hydrogen-bond acceptors (Lipinski definition) is 4. The van der Waals surface area contributed by atoms with E-state index in [1.807, 2.05) is 30.3 Å². The number of hydrogen-bond donors (Lipinski definition) is 2. The van der Waals surface area contributed by atoms with Crippen LogP contribution in [0.5, 0.6) is 0 Å². The molecule has 0 aliphatic carbocycles. The van der Waals surface area contributed by atoms with Crippen molar-refractivity contribution >= 4 is 10.2 Å². The van der Waals surface area contributed by atoms with Crippen molar-refractivity contribution in [2.45, 2.75) is 6.54 Å². The molecule has 1 heterocycles. The standard InChI is InChI=1S/C13H21N3O3S/c17-11-10-16(12-13-4-2-1-3-5-13)20(18,19)15-8-6-14-7-9-15/h1-5,14,17H,6-12H2. The summed E-state index contributed by atoms with van der Waals surface area (Å²) in [5.74, 6) is 0. The maximum atomic E-state index is 12.6. The molecule has 0 saturated carbocycles. The van der Waals surface area contributed by atoms with Gasteiger partial charge in [0.2, 0.25) is 0 Å². The van der Waals surface area contributed by atoms with Crippen molar-refractivity contribution in [2.75, 3.05) is 39.3 Å². The van der Waals surface area contributed by atoms with Crippen molar-refractivity contribution < 1.29 is 13.5 Å². The molecule has 1 aromatic rings. The molecule has 1 aliphatic rings. The van der Waals surface area contributed by atoms with E-state index in [9.17, 15) is 8.42 Å². The van der Waals surface area contributed by atoms with Gasteiger partial charge >= 0.3 is 0 Å². The molecule has 1 aromatic carbocycles. The maximum Gasteiger partial charge on any atom is 0.282 e. The number of rotatable bonds is 6. The van der Waals surface area contributed by atoms with Gasteiger partial charge in [-0.15, -0.1) is 0 Å². The van der Waals surface area contributed by atoms with Crippen LogP contribution in [0.4, 0.5) is 0 Å². The minimum atomic E-state index is -3.52. The number of benzene rings is 1. The second kappa shape index (κ2) is 7.14. The first kappa shape index (κ1) is 15.4. The summed E-state index contributed by atoms with van der Waals surface area (Å²) in [5.41, 5.74) is 0.916. The molecule has 1 saturated heterocycles. The average Bonchev–Trinajstić information content (AvgIpc) is 2.49. The smallest absolute Gasteiger partial charge is 0.282 e. The molecule has 0 spiro atoms. The number of aliphatic hydroxyl groups is 1. The maximum absolute atomic E-state index is 12.6. The van der Waals surface area contributed by atoms with Crippen LogP contribution in [0.3, 0.4) is 0 Å². The number of nitrogens with zero attached hydrogens (tertiary/aromatic N) is 2. The van der Waals surface area contributed by atoms with E-state index in [1.165, 1.54) is 8.61 Å². The van der Waals surface area contributed by atoms with Gasteiger partial charge in [0.05, 0.1) is 6.61 Å². The molecule has 2 rings (SSSR count). The second-order valence-corrected chi connectivity index (χ2v) is 6.63. The molecule has 7 heteroatoms. The molecular formula is C13H21N3O3S. The molecule has 112 valence electrons. The predicted molar refractivity (Wildman–Crippen MR) is 77.3 cm³/mol. The molecule has 0 radical (unpaired) electrons. The Hall–Kier alpha value is -0.990. The van der Waals surface area contributed by atoms with Crippen LogP contribution in [0.15, 0.2) is 30.3 Å². The van der Waals surface area contributed by atoms with Crippen LogP contribution in [-0.4, -0.2) is 61.5 Å². The first-order valence-corrected chi connectivity index (χ1v) is 8.15. The molecule has 20 heavy (non-hydrogen) atoms. The van der Waals surface area contributed by atoms with E-state index in [2.05, 4.69) is 5.32 Å². The first-order chi connectivity index (χ1) is 9.64. The highest BCUT2D eigenvalue weighted by Crippen LogP contribution is 2.13. The Balaban J connectivity index is 2.14. The van der Waals surface area contributed by atoms with Crippen LogP contribution in [0.25, 0.3) is 0 Å². The number of piperazine rings is 1. The zero-order valence-electron chi connectivity index (χ0n) is 11.4. The quantitative estimate of drug-likeness (QED) is 0.752. The third-order valence-electron chi connectivity index (χ3n) is 3.28. The van der Waals surface area contributed by atoms with Gasteiger partial charge in [-0.1, -0.05) is 30.3 Å². The molecule has 0 amide bonds. The summed E-state index contributed by atoms with van der Waals surface area (Å²) in [4.78, 5) is 0. The molecule has 0 bridgehead atoms. The van der Waals surface area contributed by atoms with E-state index in [-0.39, 0.29) is 19.7 Å². The fourth-order valence-corrected chi connectivity index (χ4v) is 3.81. The molecule has 2 N–H and O–H groups in total. The van der Waals surface area contributed by atoms with E-state index in [4.69, 9.17) is 5.11 Å². The van der Waals surface area contributed by atoms with E-state index in [1.54, 1.807) is 0 Å². The van der Waals surface area contributed by atoms with Gasteiger partial charge < -0.3 is 10.4 Å². The highest BCUT2D eigenvalue weighted by molar-refractivity contribution is 7.86. The van der Waals surface area contributed by atoms with Gasteiger partial charge in [-0.2, -0.15) is 17.0 Å². The summed E-state index contributed by atoms with van der Waals surface area (Å²) in [5, 5.41) is 12.3. The summed E-state index contributed by atoms with van der Waals surface area (Å²) in [6.45, 7) is 2.49. The molecule has 0 aromatic heterocycles. The van der Waals surface area contributed by atoms with Crippen molar-refractivity contribution in [1.82, 2.24) is 13.9 Å². The van der Waals surface area contributed by atoms with Gasteiger partial charge in [0.25, 0.3) is 10.2 Å². The SMILES string of the molecule is O=S(=O)(N1CCNCC1)N(CCO)Cc1ccccc1. The zero-order valence-corrected chi connectivity index (χ0v) is 12.2. The van der Waals surface area contributed by atoms with Crippen molar-refractivity contribution in [1.29, 1.82) is 0 Å². The lowest BCUT2D eigenvalue weighted by atomic mass is 10.2. The molecule has 1 aliphatic heterocycles. The Bertz CT molecular complexity index is 501. The highest BCUT2D eigenvalue weighted by Gasteiger charge is 2.30. The monoisotopic (exact) mass is 299 g/mol. The first-order valence-electron chi connectivity index (χ1n) is 6.75. The van der Waals surface area contributed by atoms with Gasteiger partial charge in [0.1, 0.15) is 0 Å². The zero-order chi connectivity index (χ0) is 14.4. The molecular weight excluding hydrogens is 278 g/mol. The second-order valence-electron chi connectivity index (χ2n) is 4.70. The Morgan fingerprint density at radius 3 is 2.45 bits per heavy atom. The van der Waals surface area contributed by atoms with E-state index in [0.717, 1.165) is 5.56 Å². The Kier molecular flexibility index (Phi) is 5.50. The third-order valence-corrected chi connectivity index (χ3v) is 5.26. The van der Waals surface area contributed by atoms with Crippen molar-refractivity contribution in [3.63, 3.8) is 0 Å². The van der Waals surface area contributed by atoms with Crippen LogP contribution in [-0.2, 0) is 16.8 Å². The van der Waals surface area contributed by atoms with Crippen LogP contribution in [0.1, 0.15) is 5.56 Å². The predicted octanol–water partition coefficient (Wildman–Crippen LogP) is -0.369. The van der Waals surface area contributed by atoms with E-state index < -0.39 is 10.2 Å². The molecule has 1 fully saturated rings. The van der Waals surface area contributed by atoms with E-state index in [0.29, 0.717) is 26.2 Å². The summed E-state index contributed by atoms with van der Waals surface area (Å²) in [7, 11) is -3.52. The van der Waals surface area contributed by atoms with Crippen LogP contribution >= 0.6 is 0 Å². The Morgan fingerprint density at radius 2 is 1.85 bits per heavy atom. The minimum Gasteiger partial charge on any atom is -0.395 e. The fourth-order valence-electron chi connectivity index (χ4n) is 2.21. The van der Waals surface area contributed by atoms with Crippen LogP contribution in [0.2, 0.25) is 0 Å². The highest BCUT2D eigenvalue weighted by atomic mass is 32.2. The number of nitrogens with one attached hydrogen (secondary N) is 1. The largest absolute Gasteiger partial charge is 0.395 e. The van der Waals surface area contributed by atoms with E-state index >= 15 is 0 Å². The van der Waals surface area contributed by atoms with Gasteiger partial charge in [-0.05, 0) is 5.56 Å². The molecule has 0 unspecified atom stereocenters. The molecule has 0 atom stereocenters. The minimum absolute atomic E-state index is 0.112. The van der Waals surface area contributed by atoms with Crippen LogP contribution in [0, 0.1) is 0 Å². The topological polar surface area (TPSA) is 72.9 Å². The molecule has 6 nitrogen and oxygen atoms in total. The summed E-state index contributed by atoms with van der Waals surface area (Å²) < 4.78 is 28.0. The van der Waals surface area contributed by atoms with Gasteiger partial charge in [0, 0.05) is 39.3 Å². The summed E-state index contributed by atoms with van der Waals surface area (Å²) in [6, 6.07) is 9.42. The van der Waals surface area contributed by atoms with Crippen molar-refractivity contribution in [2.24, 2.45) is 0 Å². The Labute approximate surface area is 120 Å². The normalized spacial score (nSPS) is 17.5. The van der Waals surface area contributed by atoms with Crippen molar-refractivity contribution in [3.05, 3.63) is 35.9 Å². The van der Waals surface area contributed by atoms with Crippen molar-refractivity contribution in [3.8, 4) is 0 Å². The Morgan fingerprint density at radius 1 is 1.20 bits per heavy atom. The van der Waals surface area contributed by atoms with Gasteiger partial charge in [-0.25, -0.2) is 0 Å². The summed E-state index contributed by atoms with van der Waals surface area (Å²) in [6.07, 6.45) is 0. The van der Waals surface area contributed by atoms with Gasteiger partial charge in [-0.3, -0.25) is 0 Å².